The summed E-state index contributed by atoms with van der Waals surface area (Å²) in [7, 11) is 0. The van der Waals surface area contributed by atoms with Gasteiger partial charge in [0.1, 0.15) is 0 Å². The van der Waals surface area contributed by atoms with Gasteiger partial charge in [0.15, 0.2) is 0 Å². The summed E-state index contributed by atoms with van der Waals surface area (Å²) >= 11 is -7.42. The molecule has 52 heavy (non-hydrogen) atoms. The maximum absolute atomic E-state index is 8.02. The van der Waals surface area contributed by atoms with E-state index in [0.717, 1.165) is 0 Å². The van der Waals surface area contributed by atoms with Crippen LogP contribution in [0.5, 0.6) is 0 Å². The van der Waals surface area contributed by atoms with E-state index in [1.807, 2.05) is 0 Å². The minimum atomic E-state index is -3.71. The van der Waals surface area contributed by atoms with Crippen molar-refractivity contribution in [2.45, 2.75) is 119 Å². The molecule has 2 aliphatic heterocycles. The third-order valence-corrected chi connectivity index (χ3v) is 37.0. The molecule has 0 unspecified atom stereocenters. The van der Waals surface area contributed by atoms with Crippen LogP contribution in [0.3, 0.4) is 0 Å². The van der Waals surface area contributed by atoms with Gasteiger partial charge < -0.3 is 0 Å². The van der Waals surface area contributed by atoms with Gasteiger partial charge in [-0.1, -0.05) is 0 Å². The van der Waals surface area contributed by atoms with E-state index < -0.39 is 27.2 Å². The predicted octanol–water partition coefficient (Wildman–Crippen LogP) is 9.84. The van der Waals surface area contributed by atoms with Crippen molar-refractivity contribution < 1.29 is 7.53 Å². The van der Waals surface area contributed by atoms with Gasteiger partial charge in [0.05, 0.1) is 0 Å². The standard InChI is InChI=1S/C48H60Ge2O2/c1-27-17-31(5)43(32(6)18-27)49(44-33(7)19-28(2)20-34(44)8)47(13,14)39-25-42-40(26-41(39)51-49)48(15,16)50(52-42,45-35(9)21-29(3)22-36(45)10)46-37(11)23-30(4)24-38(46)12/h17-26,39-40H,1-16H3/t39-,40+. The third-order valence-electron chi connectivity index (χ3n) is 13.3. The molecule has 0 spiro atoms. The summed E-state index contributed by atoms with van der Waals surface area (Å²) in [6.45, 7) is 37.7. The van der Waals surface area contributed by atoms with Crippen molar-refractivity contribution in [3.63, 3.8) is 0 Å². The van der Waals surface area contributed by atoms with E-state index in [1.54, 1.807) is 0 Å². The van der Waals surface area contributed by atoms with Gasteiger partial charge in [0, 0.05) is 0 Å². The summed E-state index contributed by atoms with van der Waals surface area (Å²) < 4.78 is 21.7. The molecule has 2 nitrogen and oxygen atoms in total. The van der Waals surface area contributed by atoms with Crippen LogP contribution >= 0.6 is 0 Å². The number of aryl methyl sites for hydroxylation is 12. The Balaban J connectivity index is 1.51. The molecule has 2 heterocycles. The zero-order chi connectivity index (χ0) is 38.0. The summed E-state index contributed by atoms with van der Waals surface area (Å²) in [5.41, 5.74) is 16.3. The normalized spacial score (nSPS) is 21.8. The number of hydrogen-bond donors (Lipinski definition) is 0. The van der Waals surface area contributed by atoms with E-state index in [9.17, 15) is 0 Å². The molecular weight excluding hydrogens is 754 g/mol. The fraction of sp³-hybridized carbons (Fsp3) is 0.417. The van der Waals surface area contributed by atoms with E-state index in [0.29, 0.717) is 0 Å². The maximum atomic E-state index is 8.02. The summed E-state index contributed by atoms with van der Waals surface area (Å²) in [5, 5.41) is 0. The zero-order valence-electron chi connectivity index (χ0n) is 34.7. The van der Waals surface area contributed by atoms with E-state index in [2.05, 4.69) is 171 Å². The van der Waals surface area contributed by atoms with Gasteiger partial charge in [0.2, 0.25) is 0 Å². The van der Waals surface area contributed by atoms with Crippen LogP contribution in [-0.2, 0) is 7.53 Å². The summed E-state index contributed by atoms with van der Waals surface area (Å²) in [4.78, 5) is 0. The minimum absolute atomic E-state index is 0.133. The van der Waals surface area contributed by atoms with Crippen LogP contribution < -0.4 is 17.6 Å². The van der Waals surface area contributed by atoms with Crippen molar-refractivity contribution >= 4 is 44.8 Å². The quantitative estimate of drug-likeness (QED) is 0.191. The molecule has 0 saturated carbocycles. The molecule has 7 rings (SSSR count). The van der Waals surface area contributed by atoms with Gasteiger partial charge in [-0.25, -0.2) is 0 Å². The van der Waals surface area contributed by atoms with Crippen molar-refractivity contribution in [1.29, 1.82) is 0 Å². The van der Waals surface area contributed by atoms with Gasteiger partial charge in [-0.15, -0.1) is 0 Å². The average Bonchev–Trinajstić information content (AvgIpc) is 3.33. The van der Waals surface area contributed by atoms with Gasteiger partial charge in [-0.3, -0.25) is 0 Å². The van der Waals surface area contributed by atoms with Crippen LogP contribution in [-0.4, -0.2) is 27.2 Å². The van der Waals surface area contributed by atoms with Crippen LogP contribution in [0.15, 0.2) is 72.2 Å². The molecule has 4 aromatic rings. The second-order valence-corrected chi connectivity index (χ2v) is 34.4. The number of hydrogen-bond acceptors (Lipinski definition) is 2. The summed E-state index contributed by atoms with van der Waals surface area (Å²) in [6.07, 6.45) is 5.13. The fourth-order valence-corrected chi connectivity index (χ4v) is 35.8. The Morgan fingerprint density at radius 1 is 0.365 bits per heavy atom. The van der Waals surface area contributed by atoms with Gasteiger partial charge >= 0.3 is 322 Å². The zero-order valence-corrected chi connectivity index (χ0v) is 38.9. The molecule has 0 aromatic heterocycles. The molecule has 0 amide bonds. The Labute approximate surface area is 320 Å². The second-order valence-electron chi connectivity index (χ2n) is 18.2. The number of fused-ring (bicyclic) bond motifs is 2. The molecule has 2 fully saturated rings. The van der Waals surface area contributed by atoms with Gasteiger partial charge in [0.25, 0.3) is 0 Å². The molecular formula is C48H60Ge2O2. The van der Waals surface area contributed by atoms with E-state index in [-0.39, 0.29) is 20.3 Å². The molecule has 0 bridgehead atoms. The fourth-order valence-electron chi connectivity index (χ4n) is 11.8. The Morgan fingerprint density at radius 2 is 0.558 bits per heavy atom. The Kier molecular flexibility index (Phi) is 8.83. The van der Waals surface area contributed by atoms with Crippen molar-refractivity contribution in [2.24, 2.45) is 11.8 Å². The first-order chi connectivity index (χ1) is 24.2. The van der Waals surface area contributed by atoms with Gasteiger partial charge in [-0.05, 0) is 0 Å². The first-order valence-electron chi connectivity index (χ1n) is 19.3. The van der Waals surface area contributed by atoms with Crippen molar-refractivity contribution in [3.05, 3.63) is 139 Å². The topological polar surface area (TPSA) is 18.5 Å². The monoisotopic (exact) mass is 816 g/mol. The van der Waals surface area contributed by atoms with E-state index >= 15 is 0 Å². The summed E-state index contributed by atoms with van der Waals surface area (Å²) in [6, 6.07) is 19.1. The second kappa shape index (κ2) is 12.3. The van der Waals surface area contributed by atoms with Crippen molar-refractivity contribution in [2.75, 3.05) is 0 Å². The van der Waals surface area contributed by atoms with Crippen LogP contribution in [0.2, 0.25) is 8.49 Å². The molecule has 2 atom stereocenters. The Morgan fingerprint density at radius 3 is 0.750 bits per heavy atom. The van der Waals surface area contributed by atoms with Crippen molar-refractivity contribution in [1.82, 2.24) is 0 Å². The first kappa shape index (κ1) is 37.4. The van der Waals surface area contributed by atoms with Crippen LogP contribution in [0, 0.1) is 94.9 Å². The Hall–Kier alpha value is -2.95. The van der Waals surface area contributed by atoms with E-state index in [4.69, 9.17) is 7.53 Å². The molecule has 2 saturated heterocycles. The van der Waals surface area contributed by atoms with Crippen LogP contribution in [0.25, 0.3) is 0 Å². The Bertz CT molecular complexity index is 1880. The predicted molar refractivity (Wildman–Crippen MR) is 226 cm³/mol. The SMILES string of the molecule is Cc1cc(C)[c]([Ge]2([c]3c(C)cc(C)cc3C)[O]C3=C[C@H]4C(=C[C@H]3[C]2(C)C)[O][Ge]([c]2c(C)cc(C)cc2C)([c]2c(C)cc(C)cc2C)[C]4(C)C)c(C)c1. The van der Waals surface area contributed by atoms with Crippen LogP contribution in [0.1, 0.15) is 94.5 Å². The van der Waals surface area contributed by atoms with Crippen molar-refractivity contribution in [3.8, 4) is 0 Å². The van der Waals surface area contributed by atoms with E-state index in [1.165, 1.54) is 95.9 Å². The summed E-state index contributed by atoms with van der Waals surface area (Å²) in [5.74, 6) is 2.63. The van der Waals surface area contributed by atoms with Crippen LogP contribution in [0.4, 0.5) is 0 Å². The molecule has 4 aromatic carbocycles. The molecule has 3 aliphatic rings. The molecule has 272 valence electrons. The first-order valence-corrected chi connectivity index (χ1v) is 27.3. The third kappa shape index (κ3) is 5.01. The molecule has 0 radical (unpaired) electrons. The van der Waals surface area contributed by atoms with Gasteiger partial charge in [-0.2, -0.15) is 0 Å². The molecule has 4 heteroatoms. The number of allylic oxidation sites excluding steroid dienone is 2. The average molecular weight is 814 g/mol. The number of rotatable bonds is 4. The number of benzene rings is 4. The molecule has 1 aliphatic carbocycles. The molecule has 0 N–H and O–H groups in total.